The molecule has 6 nitrogen and oxygen atoms in total. The molecular weight excluding hydrogens is 450 g/mol. The van der Waals surface area contributed by atoms with Crippen LogP contribution in [-0.2, 0) is 17.9 Å². The largest absolute Gasteiger partial charge is 0.348 e. The van der Waals surface area contributed by atoms with Crippen molar-refractivity contribution in [3.8, 4) is 0 Å². The lowest BCUT2D eigenvalue weighted by Crippen LogP contribution is -2.44. The number of carbonyl (C=O) groups is 3. The summed E-state index contributed by atoms with van der Waals surface area (Å²) >= 11 is 6.02. The Morgan fingerprint density at radius 3 is 2.62 bits per heavy atom. The number of rotatable bonds is 5. The van der Waals surface area contributed by atoms with Crippen LogP contribution in [0.25, 0.3) is 0 Å². The van der Waals surface area contributed by atoms with Crippen LogP contribution in [0.1, 0.15) is 44.7 Å². The molecule has 0 saturated carbocycles. The van der Waals surface area contributed by atoms with Crippen molar-refractivity contribution in [1.82, 2.24) is 10.2 Å². The van der Waals surface area contributed by atoms with E-state index in [1.54, 1.807) is 34.1 Å². The van der Waals surface area contributed by atoms with Gasteiger partial charge in [0.05, 0.1) is 17.8 Å². The van der Waals surface area contributed by atoms with E-state index < -0.39 is 6.04 Å². The average molecular weight is 474 g/mol. The van der Waals surface area contributed by atoms with Crippen LogP contribution in [0, 0.1) is 0 Å². The van der Waals surface area contributed by atoms with E-state index in [1.165, 1.54) is 0 Å². The predicted octanol–water partition coefficient (Wildman–Crippen LogP) is 4.42. The molecule has 0 bridgehead atoms. The highest BCUT2D eigenvalue weighted by molar-refractivity contribution is 6.30. The molecule has 0 aromatic heterocycles. The second kappa shape index (κ2) is 9.31. The molecule has 1 atom stereocenters. The van der Waals surface area contributed by atoms with Gasteiger partial charge in [-0.2, -0.15) is 0 Å². The van der Waals surface area contributed by atoms with E-state index in [0.29, 0.717) is 41.3 Å². The first-order valence-electron chi connectivity index (χ1n) is 11.3. The number of hydrogen-bond acceptors (Lipinski definition) is 3. The quantitative estimate of drug-likeness (QED) is 0.596. The van der Waals surface area contributed by atoms with Crippen LogP contribution in [0.5, 0.6) is 0 Å². The van der Waals surface area contributed by atoms with Crippen LogP contribution in [0.3, 0.4) is 0 Å². The first-order chi connectivity index (χ1) is 16.5. The van der Waals surface area contributed by atoms with Gasteiger partial charge in [-0.25, -0.2) is 0 Å². The molecule has 0 radical (unpaired) electrons. The molecule has 1 fully saturated rings. The zero-order valence-electron chi connectivity index (χ0n) is 18.5. The lowest BCUT2D eigenvalue weighted by atomic mass is 10.1. The van der Waals surface area contributed by atoms with Gasteiger partial charge in [-0.3, -0.25) is 14.4 Å². The van der Waals surface area contributed by atoms with Gasteiger partial charge < -0.3 is 15.1 Å². The molecule has 0 spiro atoms. The van der Waals surface area contributed by atoms with Gasteiger partial charge in [0.1, 0.15) is 6.04 Å². The molecule has 2 heterocycles. The van der Waals surface area contributed by atoms with Crippen molar-refractivity contribution < 1.29 is 14.4 Å². The highest BCUT2D eigenvalue weighted by Crippen LogP contribution is 2.33. The first-order valence-corrected chi connectivity index (χ1v) is 11.7. The Bertz CT molecular complexity index is 1280. The van der Waals surface area contributed by atoms with Crippen LogP contribution in [-0.4, -0.2) is 35.2 Å². The normalized spacial score (nSPS) is 17.3. The number of nitrogens with zero attached hydrogens (tertiary/aromatic N) is 2. The Labute approximate surface area is 203 Å². The van der Waals surface area contributed by atoms with Crippen molar-refractivity contribution in [1.29, 1.82) is 0 Å². The van der Waals surface area contributed by atoms with Gasteiger partial charge in [0, 0.05) is 23.7 Å². The second-order valence-electron chi connectivity index (χ2n) is 8.61. The first kappa shape index (κ1) is 22.2. The van der Waals surface area contributed by atoms with Gasteiger partial charge in [-0.15, -0.1) is 0 Å². The number of benzene rings is 3. The highest BCUT2D eigenvalue weighted by Gasteiger charge is 2.41. The predicted molar refractivity (Wildman–Crippen MR) is 131 cm³/mol. The Morgan fingerprint density at radius 2 is 1.76 bits per heavy atom. The molecule has 172 valence electrons. The van der Waals surface area contributed by atoms with Crippen molar-refractivity contribution in [3.05, 3.63) is 100 Å². The number of amides is 3. The maximum absolute atomic E-state index is 13.5. The monoisotopic (exact) mass is 473 g/mol. The minimum absolute atomic E-state index is 0.0772. The minimum Gasteiger partial charge on any atom is -0.348 e. The fourth-order valence-corrected chi connectivity index (χ4v) is 4.91. The maximum atomic E-state index is 13.5. The number of halogens is 1. The zero-order valence-corrected chi connectivity index (χ0v) is 19.3. The molecule has 2 aliphatic rings. The Balaban J connectivity index is 1.38. The lowest BCUT2D eigenvalue weighted by molar-refractivity contribution is -0.122. The number of carbonyl (C=O) groups excluding carboxylic acids is 3. The summed E-state index contributed by atoms with van der Waals surface area (Å²) in [7, 11) is 0. The summed E-state index contributed by atoms with van der Waals surface area (Å²) < 4.78 is 0. The second-order valence-corrected chi connectivity index (χ2v) is 9.05. The molecule has 1 saturated heterocycles. The topological polar surface area (TPSA) is 69.7 Å². The molecule has 0 aliphatic carbocycles. The molecule has 3 aromatic rings. The van der Waals surface area contributed by atoms with Crippen molar-refractivity contribution in [2.45, 2.75) is 32.0 Å². The lowest BCUT2D eigenvalue weighted by Gasteiger charge is -2.26. The maximum Gasteiger partial charge on any atom is 0.256 e. The summed E-state index contributed by atoms with van der Waals surface area (Å²) in [6.07, 6.45) is 1.49. The molecule has 7 heteroatoms. The molecule has 5 rings (SSSR count). The van der Waals surface area contributed by atoms with E-state index in [4.69, 9.17) is 11.6 Å². The van der Waals surface area contributed by atoms with E-state index in [2.05, 4.69) is 5.32 Å². The van der Waals surface area contributed by atoms with E-state index in [9.17, 15) is 14.4 Å². The SMILES string of the molecule is O=C(NCc1cccc(Cl)c1)c1cccc(CN2C(=O)[C@@H]3CCCN3C(=O)c3ccccc32)c1. The third-order valence-electron chi connectivity index (χ3n) is 6.36. The molecule has 3 aromatic carbocycles. The van der Waals surface area contributed by atoms with Crippen LogP contribution < -0.4 is 10.2 Å². The molecule has 1 N–H and O–H groups in total. The van der Waals surface area contributed by atoms with Gasteiger partial charge in [0.25, 0.3) is 11.8 Å². The fraction of sp³-hybridized carbons (Fsp3) is 0.222. The molecule has 34 heavy (non-hydrogen) atoms. The van der Waals surface area contributed by atoms with Crippen LogP contribution in [0.4, 0.5) is 5.69 Å². The Hall–Kier alpha value is -3.64. The summed E-state index contributed by atoms with van der Waals surface area (Å²) in [5.41, 5.74) is 3.39. The van der Waals surface area contributed by atoms with Gasteiger partial charge in [0.15, 0.2) is 0 Å². The van der Waals surface area contributed by atoms with Crippen LogP contribution in [0.15, 0.2) is 72.8 Å². The highest BCUT2D eigenvalue weighted by atomic mass is 35.5. The van der Waals surface area contributed by atoms with Gasteiger partial charge in [-0.05, 0) is 60.4 Å². The van der Waals surface area contributed by atoms with Crippen LogP contribution in [0.2, 0.25) is 5.02 Å². The van der Waals surface area contributed by atoms with Crippen molar-refractivity contribution in [2.75, 3.05) is 11.4 Å². The Kier molecular flexibility index (Phi) is 6.07. The average Bonchev–Trinajstić information content (AvgIpc) is 3.33. The number of para-hydroxylation sites is 1. The molecule has 2 aliphatic heterocycles. The Morgan fingerprint density at radius 1 is 0.971 bits per heavy atom. The van der Waals surface area contributed by atoms with E-state index in [0.717, 1.165) is 17.5 Å². The van der Waals surface area contributed by atoms with E-state index >= 15 is 0 Å². The minimum atomic E-state index is -0.441. The van der Waals surface area contributed by atoms with Gasteiger partial charge in [-0.1, -0.05) is 48.0 Å². The van der Waals surface area contributed by atoms with E-state index in [1.807, 2.05) is 48.5 Å². The molecule has 0 unspecified atom stereocenters. The summed E-state index contributed by atoms with van der Waals surface area (Å²) in [5, 5.41) is 3.54. The standard InChI is InChI=1S/C27H24ClN3O3/c28-21-9-4-6-18(15-21)16-29-25(32)20-8-3-7-19(14-20)17-31-23-11-2-1-10-22(23)26(33)30-13-5-12-24(30)27(31)34/h1-4,6-11,14-15,24H,5,12-13,16-17H2,(H,29,32)/t24-/m0/s1. The van der Waals surface area contributed by atoms with E-state index in [-0.39, 0.29) is 24.3 Å². The van der Waals surface area contributed by atoms with Crippen molar-refractivity contribution in [2.24, 2.45) is 0 Å². The molecule has 3 amide bonds. The molecular formula is C27H24ClN3O3. The zero-order chi connectivity index (χ0) is 23.7. The summed E-state index contributed by atoms with van der Waals surface area (Å²) in [6, 6.07) is 21.4. The summed E-state index contributed by atoms with van der Waals surface area (Å²) in [6.45, 7) is 1.24. The van der Waals surface area contributed by atoms with Crippen molar-refractivity contribution >= 4 is 35.0 Å². The van der Waals surface area contributed by atoms with Gasteiger partial charge >= 0.3 is 0 Å². The third kappa shape index (κ3) is 4.29. The summed E-state index contributed by atoms with van der Waals surface area (Å²) in [4.78, 5) is 42.8. The number of fused-ring (bicyclic) bond motifs is 2. The number of hydrogen-bond donors (Lipinski definition) is 1. The fourth-order valence-electron chi connectivity index (χ4n) is 4.70. The smallest absolute Gasteiger partial charge is 0.256 e. The third-order valence-corrected chi connectivity index (χ3v) is 6.60. The summed E-state index contributed by atoms with van der Waals surface area (Å²) in [5.74, 6) is -0.378. The number of nitrogens with one attached hydrogen (secondary N) is 1. The number of anilines is 1. The van der Waals surface area contributed by atoms with Crippen LogP contribution >= 0.6 is 11.6 Å². The van der Waals surface area contributed by atoms with Crippen molar-refractivity contribution in [3.63, 3.8) is 0 Å². The van der Waals surface area contributed by atoms with Gasteiger partial charge in [0.2, 0.25) is 5.91 Å².